The second-order valence-electron chi connectivity index (χ2n) is 6.07. The predicted molar refractivity (Wildman–Crippen MR) is 89.7 cm³/mol. The van der Waals surface area contributed by atoms with E-state index in [1.807, 2.05) is 20.8 Å². The van der Waals surface area contributed by atoms with Crippen molar-refractivity contribution in [2.24, 2.45) is 5.41 Å². The normalized spacial score (nSPS) is 12.6. The Balaban J connectivity index is 2.64. The summed E-state index contributed by atoms with van der Waals surface area (Å²) in [5, 5.41) is 15.5. The number of carbonyl (C=O) groups is 1. The number of aliphatic hydroxyl groups excluding tert-OH is 1. The number of anilines is 1. The minimum absolute atomic E-state index is 0.192. The lowest BCUT2D eigenvalue weighted by Crippen LogP contribution is -2.38. The molecular formula is C16H25ClN2O3. The van der Waals surface area contributed by atoms with Gasteiger partial charge in [-0.1, -0.05) is 31.5 Å². The lowest BCUT2D eigenvalue weighted by molar-refractivity contribution is 0.129. The number of hydrogen-bond acceptors (Lipinski definition) is 3. The van der Waals surface area contributed by atoms with Crippen molar-refractivity contribution in [3.8, 4) is 5.75 Å². The molecule has 1 aromatic carbocycles. The van der Waals surface area contributed by atoms with Gasteiger partial charge in [-0.2, -0.15) is 0 Å². The number of para-hydroxylation sites is 1. The van der Waals surface area contributed by atoms with Gasteiger partial charge in [0.1, 0.15) is 0 Å². The number of benzene rings is 1. The topological polar surface area (TPSA) is 70.6 Å². The monoisotopic (exact) mass is 328 g/mol. The van der Waals surface area contributed by atoms with E-state index in [9.17, 15) is 9.90 Å². The maximum absolute atomic E-state index is 12.0. The Labute approximate surface area is 137 Å². The lowest BCUT2D eigenvalue weighted by atomic mass is 9.87. The first-order valence-corrected chi connectivity index (χ1v) is 7.77. The van der Waals surface area contributed by atoms with Crippen LogP contribution in [-0.2, 0) is 0 Å². The molecule has 1 aromatic rings. The van der Waals surface area contributed by atoms with Gasteiger partial charge in [-0.05, 0) is 37.8 Å². The molecule has 0 heterocycles. The number of rotatable bonds is 7. The van der Waals surface area contributed by atoms with E-state index in [1.165, 1.54) is 0 Å². The summed E-state index contributed by atoms with van der Waals surface area (Å²) in [5.41, 5.74) is 0.336. The number of ether oxygens (including phenoxy) is 1. The third-order valence-corrected chi connectivity index (χ3v) is 3.38. The van der Waals surface area contributed by atoms with Gasteiger partial charge >= 0.3 is 6.03 Å². The molecule has 1 unspecified atom stereocenters. The predicted octanol–water partition coefficient (Wildman–Crippen LogP) is 3.66. The average molecular weight is 329 g/mol. The van der Waals surface area contributed by atoms with E-state index in [0.29, 0.717) is 36.0 Å². The molecule has 1 atom stereocenters. The molecule has 0 aliphatic carbocycles. The van der Waals surface area contributed by atoms with Gasteiger partial charge in [0, 0.05) is 6.54 Å². The summed E-state index contributed by atoms with van der Waals surface area (Å²) in [6.07, 6.45) is 0.201. The van der Waals surface area contributed by atoms with E-state index < -0.39 is 6.10 Å². The second kappa shape index (κ2) is 8.25. The zero-order valence-corrected chi connectivity index (χ0v) is 14.3. The van der Waals surface area contributed by atoms with Crippen LogP contribution in [0, 0.1) is 5.41 Å². The van der Waals surface area contributed by atoms with Gasteiger partial charge in [-0.25, -0.2) is 4.79 Å². The van der Waals surface area contributed by atoms with Gasteiger partial charge in [-0.3, -0.25) is 0 Å². The molecular weight excluding hydrogens is 304 g/mol. The molecule has 0 saturated carbocycles. The van der Waals surface area contributed by atoms with Gasteiger partial charge in [0.05, 0.1) is 23.4 Å². The number of aliphatic hydroxyl groups is 1. The highest BCUT2D eigenvalue weighted by Gasteiger charge is 2.21. The molecule has 0 bridgehead atoms. The van der Waals surface area contributed by atoms with Gasteiger partial charge in [0.2, 0.25) is 0 Å². The summed E-state index contributed by atoms with van der Waals surface area (Å²) in [5.74, 6) is 0.463. The molecule has 5 nitrogen and oxygen atoms in total. The van der Waals surface area contributed by atoms with E-state index >= 15 is 0 Å². The van der Waals surface area contributed by atoms with Crippen LogP contribution in [0.5, 0.6) is 5.75 Å². The van der Waals surface area contributed by atoms with Crippen LogP contribution < -0.4 is 15.4 Å². The summed E-state index contributed by atoms with van der Waals surface area (Å²) in [6, 6.07) is 4.86. The summed E-state index contributed by atoms with van der Waals surface area (Å²) in [6.45, 7) is 8.49. The molecule has 2 amide bonds. The minimum atomic E-state index is -0.405. The smallest absolute Gasteiger partial charge is 0.319 e. The van der Waals surface area contributed by atoms with Gasteiger partial charge in [-0.15, -0.1) is 0 Å². The third-order valence-electron chi connectivity index (χ3n) is 3.08. The van der Waals surface area contributed by atoms with E-state index in [1.54, 1.807) is 25.1 Å². The SMILES string of the molecule is CCOc1c(Cl)cccc1NC(=O)NCC(C)(C)CC(C)O. The van der Waals surface area contributed by atoms with Crippen molar-refractivity contribution in [3.63, 3.8) is 0 Å². The minimum Gasteiger partial charge on any atom is -0.490 e. The summed E-state index contributed by atoms with van der Waals surface area (Å²) < 4.78 is 5.46. The van der Waals surface area contributed by atoms with Crippen LogP contribution in [0.2, 0.25) is 5.02 Å². The van der Waals surface area contributed by atoms with Gasteiger partial charge < -0.3 is 20.5 Å². The number of nitrogens with one attached hydrogen (secondary N) is 2. The van der Waals surface area contributed by atoms with Crippen molar-refractivity contribution < 1.29 is 14.6 Å². The van der Waals surface area contributed by atoms with E-state index in [4.69, 9.17) is 16.3 Å². The molecule has 0 aliphatic rings. The molecule has 3 N–H and O–H groups in total. The standard InChI is InChI=1S/C16H25ClN2O3/c1-5-22-14-12(17)7-6-8-13(14)19-15(21)18-10-16(3,4)9-11(2)20/h6-8,11,20H,5,9-10H2,1-4H3,(H2,18,19,21). The van der Waals surface area contributed by atoms with Crippen LogP contribution in [0.3, 0.4) is 0 Å². The number of hydrogen-bond donors (Lipinski definition) is 3. The molecule has 22 heavy (non-hydrogen) atoms. The highest BCUT2D eigenvalue weighted by Crippen LogP contribution is 2.32. The molecule has 0 fully saturated rings. The fourth-order valence-electron chi connectivity index (χ4n) is 2.26. The van der Waals surface area contributed by atoms with Crippen molar-refractivity contribution >= 4 is 23.3 Å². The highest BCUT2D eigenvalue weighted by molar-refractivity contribution is 6.32. The molecule has 124 valence electrons. The van der Waals surface area contributed by atoms with Crippen molar-refractivity contribution in [3.05, 3.63) is 23.2 Å². The summed E-state index contributed by atoms with van der Waals surface area (Å²) in [7, 11) is 0. The van der Waals surface area contributed by atoms with Gasteiger partial charge in [0.25, 0.3) is 0 Å². The number of urea groups is 1. The first-order valence-electron chi connectivity index (χ1n) is 7.39. The van der Waals surface area contributed by atoms with E-state index in [-0.39, 0.29) is 11.4 Å². The number of carbonyl (C=O) groups excluding carboxylic acids is 1. The van der Waals surface area contributed by atoms with E-state index in [0.717, 1.165) is 0 Å². The Bertz CT molecular complexity index is 504. The first kappa shape index (κ1) is 18.6. The second-order valence-corrected chi connectivity index (χ2v) is 6.48. The van der Waals surface area contributed by atoms with Crippen molar-refractivity contribution in [1.82, 2.24) is 5.32 Å². The number of amides is 2. The lowest BCUT2D eigenvalue weighted by Gasteiger charge is -2.26. The molecule has 0 spiro atoms. The van der Waals surface area contributed by atoms with Crippen LogP contribution in [0.4, 0.5) is 10.5 Å². The highest BCUT2D eigenvalue weighted by atomic mass is 35.5. The Kier molecular flexibility index (Phi) is 6.97. The van der Waals surface area contributed by atoms with Gasteiger partial charge in [0.15, 0.2) is 5.75 Å². The maximum atomic E-state index is 12.0. The average Bonchev–Trinajstić information content (AvgIpc) is 2.39. The maximum Gasteiger partial charge on any atom is 0.319 e. The fourth-order valence-corrected chi connectivity index (χ4v) is 2.49. The van der Waals surface area contributed by atoms with Crippen LogP contribution in [0.15, 0.2) is 18.2 Å². The zero-order valence-electron chi connectivity index (χ0n) is 13.6. The van der Waals surface area contributed by atoms with Crippen LogP contribution >= 0.6 is 11.6 Å². The van der Waals surface area contributed by atoms with Crippen molar-refractivity contribution in [2.75, 3.05) is 18.5 Å². The molecule has 0 aromatic heterocycles. The molecule has 0 aliphatic heterocycles. The van der Waals surface area contributed by atoms with Crippen LogP contribution in [0.25, 0.3) is 0 Å². The Morgan fingerprint density at radius 2 is 2.14 bits per heavy atom. The summed E-state index contributed by atoms with van der Waals surface area (Å²) >= 11 is 6.07. The fraction of sp³-hybridized carbons (Fsp3) is 0.562. The largest absolute Gasteiger partial charge is 0.490 e. The quantitative estimate of drug-likeness (QED) is 0.715. The molecule has 1 rings (SSSR count). The Morgan fingerprint density at radius 1 is 1.45 bits per heavy atom. The molecule has 6 heteroatoms. The Morgan fingerprint density at radius 3 is 2.73 bits per heavy atom. The van der Waals surface area contributed by atoms with Crippen molar-refractivity contribution in [2.45, 2.75) is 40.2 Å². The molecule has 0 radical (unpaired) electrons. The first-order chi connectivity index (χ1) is 10.2. The van der Waals surface area contributed by atoms with E-state index in [2.05, 4.69) is 10.6 Å². The van der Waals surface area contributed by atoms with Crippen molar-refractivity contribution in [1.29, 1.82) is 0 Å². The zero-order chi connectivity index (χ0) is 16.8. The van der Waals surface area contributed by atoms with Crippen LogP contribution in [-0.4, -0.2) is 30.4 Å². The third kappa shape index (κ3) is 6.12. The Hall–Kier alpha value is -1.46. The molecule has 0 saturated heterocycles. The van der Waals surface area contributed by atoms with Crippen LogP contribution in [0.1, 0.15) is 34.1 Å². The summed E-state index contributed by atoms with van der Waals surface area (Å²) in [4.78, 5) is 12.0. The number of halogens is 1.